The highest BCUT2D eigenvalue weighted by Crippen LogP contribution is 2.16. The smallest absolute Gasteiger partial charge is 0.185 e. The molecule has 3 rings (SSSR count). The van der Waals surface area contributed by atoms with Gasteiger partial charge in [-0.3, -0.25) is 4.79 Å². The van der Waals surface area contributed by atoms with Gasteiger partial charge in [0.15, 0.2) is 5.78 Å². The fraction of sp³-hybridized carbons (Fsp3) is 0.174. The SMILES string of the molecule is CC#CCOc1ccc(C(=O)Cc2cccc(CNc3cccnc3N)c2)nc1. The van der Waals surface area contributed by atoms with Crippen LogP contribution < -0.4 is 15.8 Å². The number of nitrogens with two attached hydrogens (primary N) is 1. The Labute approximate surface area is 170 Å². The Hall–Kier alpha value is -3.85. The normalized spacial score (nSPS) is 9.97. The number of Topliss-reactive ketones (excluding diaryl/α,β-unsaturated/α-hetero) is 1. The molecule has 6 heteroatoms. The molecule has 0 spiro atoms. The summed E-state index contributed by atoms with van der Waals surface area (Å²) in [4.78, 5) is 20.8. The van der Waals surface area contributed by atoms with Crippen LogP contribution in [0.2, 0.25) is 0 Å². The molecule has 0 aliphatic rings. The number of ketones is 1. The first kappa shape index (κ1) is 19.9. The summed E-state index contributed by atoms with van der Waals surface area (Å²) < 4.78 is 5.42. The zero-order valence-corrected chi connectivity index (χ0v) is 16.2. The van der Waals surface area contributed by atoms with Crippen molar-refractivity contribution in [3.05, 3.63) is 77.7 Å². The molecule has 146 valence electrons. The molecule has 0 saturated heterocycles. The van der Waals surface area contributed by atoms with Crippen molar-refractivity contribution in [3.63, 3.8) is 0 Å². The van der Waals surface area contributed by atoms with Crippen LogP contribution in [0.25, 0.3) is 0 Å². The van der Waals surface area contributed by atoms with Crippen molar-refractivity contribution in [2.24, 2.45) is 0 Å². The lowest BCUT2D eigenvalue weighted by Crippen LogP contribution is -2.07. The first-order valence-corrected chi connectivity index (χ1v) is 9.19. The zero-order valence-electron chi connectivity index (χ0n) is 16.2. The topological polar surface area (TPSA) is 90.1 Å². The number of benzene rings is 1. The lowest BCUT2D eigenvalue weighted by atomic mass is 10.0. The maximum atomic E-state index is 12.6. The minimum Gasteiger partial charge on any atom is -0.479 e. The Bertz CT molecular complexity index is 1040. The van der Waals surface area contributed by atoms with Crippen molar-refractivity contribution in [2.75, 3.05) is 17.7 Å². The Kier molecular flexibility index (Phi) is 6.80. The Morgan fingerprint density at radius 2 is 2.00 bits per heavy atom. The lowest BCUT2D eigenvalue weighted by Gasteiger charge is -2.09. The van der Waals surface area contributed by atoms with E-state index in [0.29, 0.717) is 30.4 Å². The van der Waals surface area contributed by atoms with Crippen LogP contribution in [-0.2, 0) is 13.0 Å². The molecule has 2 heterocycles. The molecule has 0 aliphatic carbocycles. The third-order valence-corrected chi connectivity index (χ3v) is 4.19. The van der Waals surface area contributed by atoms with Gasteiger partial charge in [-0.05, 0) is 42.3 Å². The maximum absolute atomic E-state index is 12.6. The van der Waals surface area contributed by atoms with Gasteiger partial charge in [0.2, 0.25) is 0 Å². The molecule has 0 amide bonds. The molecule has 1 aromatic carbocycles. The summed E-state index contributed by atoms with van der Waals surface area (Å²) >= 11 is 0. The van der Waals surface area contributed by atoms with E-state index in [0.717, 1.165) is 16.8 Å². The van der Waals surface area contributed by atoms with Gasteiger partial charge in [0, 0.05) is 19.2 Å². The van der Waals surface area contributed by atoms with E-state index in [1.54, 1.807) is 31.5 Å². The molecule has 0 aliphatic heterocycles. The summed E-state index contributed by atoms with van der Waals surface area (Å²) in [5, 5.41) is 3.26. The monoisotopic (exact) mass is 386 g/mol. The van der Waals surface area contributed by atoms with Crippen LogP contribution in [0.4, 0.5) is 11.5 Å². The van der Waals surface area contributed by atoms with Crippen molar-refractivity contribution < 1.29 is 9.53 Å². The molecule has 0 unspecified atom stereocenters. The van der Waals surface area contributed by atoms with Gasteiger partial charge >= 0.3 is 0 Å². The molecular weight excluding hydrogens is 364 g/mol. The fourth-order valence-electron chi connectivity index (χ4n) is 2.71. The van der Waals surface area contributed by atoms with Crippen molar-refractivity contribution in [1.29, 1.82) is 0 Å². The number of nitrogens with zero attached hydrogens (tertiary/aromatic N) is 2. The van der Waals surface area contributed by atoms with Gasteiger partial charge in [0.25, 0.3) is 0 Å². The quantitative estimate of drug-likeness (QED) is 0.455. The van der Waals surface area contributed by atoms with Crippen LogP contribution >= 0.6 is 0 Å². The van der Waals surface area contributed by atoms with E-state index < -0.39 is 0 Å². The second kappa shape index (κ2) is 9.90. The van der Waals surface area contributed by atoms with E-state index in [2.05, 4.69) is 27.1 Å². The summed E-state index contributed by atoms with van der Waals surface area (Å²) in [6.45, 7) is 2.64. The van der Waals surface area contributed by atoms with Gasteiger partial charge in [-0.1, -0.05) is 30.2 Å². The first-order valence-electron chi connectivity index (χ1n) is 9.19. The number of hydrogen-bond acceptors (Lipinski definition) is 6. The van der Waals surface area contributed by atoms with E-state index in [1.165, 1.54) is 0 Å². The third-order valence-electron chi connectivity index (χ3n) is 4.19. The number of carbonyl (C=O) groups excluding carboxylic acids is 1. The summed E-state index contributed by atoms with van der Waals surface area (Å²) in [6.07, 6.45) is 3.47. The zero-order chi connectivity index (χ0) is 20.5. The molecule has 0 atom stereocenters. The van der Waals surface area contributed by atoms with E-state index in [-0.39, 0.29) is 12.2 Å². The van der Waals surface area contributed by atoms with Gasteiger partial charge in [0.1, 0.15) is 23.9 Å². The van der Waals surface area contributed by atoms with E-state index >= 15 is 0 Å². The highest BCUT2D eigenvalue weighted by atomic mass is 16.5. The molecule has 3 aromatic rings. The van der Waals surface area contributed by atoms with Crippen molar-refractivity contribution >= 4 is 17.3 Å². The molecule has 6 nitrogen and oxygen atoms in total. The van der Waals surface area contributed by atoms with Crippen molar-refractivity contribution in [3.8, 4) is 17.6 Å². The summed E-state index contributed by atoms with van der Waals surface area (Å²) in [5.41, 5.74) is 9.01. The van der Waals surface area contributed by atoms with Crippen LogP contribution in [0.15, 0.2) is 60.9 Å². The molecule has 2 aromatic heterocycles. The average molecular weight is 386 g/mol. The van der Waals surface area contributed by atoms with Crippen LogP contribution in [0.3, 0.4) is 0 Å². The molecule has 0 bridgehead atoms. The van der Waals surface area contributed by atoms with Crippen LogP contribution in [0, 0.1) is 11.8 Å². The number of nitrogen functional groups attached to an aromatic ring is 1. The molecule has 0 saturated carbocycles. The van der Waals surface area contributed by atoms with Crippen LogP contribution in [-0.4, -0.2) is 22.4 Å². The number of aromatic nitrogens is 2. The fourth-order valence-corrected chi connectivity index (χ4v) is 2.71. The number of anilines is 2. The second-order valence-electron chi connectivity index (χ2n) is 6.30. The van der Waals surface area contributed by atoms with Crippen molar-refractivity contribution in [1.82, 2.24) is 9.97 Å². The van der Waals surface area contributed by atoms with Crippen molar-refractivity contribution in [2.45, 2.75) is 19.9 Å². The number of pyridine rings is 2. The van der Waals surface area contributed by atoms with Gasteiger partial charge in [-0.25, -0.2) is 9.97 Å². The van der Waals surface area contributed by atoms with Gasteiger partial charge < -0.3 is 15.8 Å². The third kappa shape index (κ3) is 5.81. The summed E-state index contributed by atoms with van der Waals surface area (Å²) in [6, 6.07) is 15.0. The number of rotatable bonds is 8. The molecule has 0 radical (unpaired) electrons. The average Bonchev–Trinajstić information content (AvgIpc) is 2.74. The maximum Gasteiger partial charge on any atom is 0.185 e. The van der Waals surface area contributed by atoms with Gasteiger partial charge in [-0.15, -0.1) is 5.92 Å². The first-order chi connectivity index (χ1) is 14.2. The lowest BCUT2D eigenvalue weighted by molar-refractivity contribution is 0.0988. The molecule has 29 heavy (non-hydrogen) atoms. The standard InChI is InChI=1S/C23H22N4O2/c1-2-3-12-29-19-9-10-20(27-16-19)22(28)14-17-6-4-7-18(13-17)15-26-21-8-5-11-25-23(21)24/h4-11,13,16,26H,12,14-15H2,1H3,(H2,24,25). The number of ether oxygens (including phenoxy) is 1. The van der Waals surface area contributed by atoms with Crippen LogP contribution in [0.1, 0.15) is 28.5 Å². The number of carbonyl (C=O) groups is 1. The summed E-state index contributed by atoms with van der Waals surface area (Å²) in [7, 11) is 0. The molecule has 0 fully saturated rings. The second-order valence-corrected chi connectivity index (χ2v) is 6.30. The van der Waals surface area contributed by atoms with Crippen LogP contribution in [0.5, 0.6) is 5.75 Å². The minimum absolute atomic E-state index is 0.0495. The van der Waals surface area contributed by atoms with E-state index in [9.17, 15) is 4.79 Å². The minimum atomic E-state index is -0.0495. The number of nitrogens with one attached hydrogen (secondary N) is 1. The molecular formula is C23H22N4O2. The van der Waals surface area contributed by atoms with Gasteiger partial charge in [0.05, 0.1) is 11.9 Å². The Morgan fingerprint density at radius 1 is 1.14 bits per heavy atom. The largest absolute Gasteiger partial charge is 0.479 e. The Morgan fingerprint density at radius 3 is 2.76 bits per heavy atom. The van der Waals surface area contributed by atoms with Gasteiger partial charge in [-0.2, -0.15) is 0 Å². The summed E-state index contributed by atoms with van der Waals surface area (Å²) in [5.74, 6) is 6.57. The highest BCUT2D eigenvalue weighted by molar-refractivity contribution is 5.95. The number of hydrogen-bond donors (Lipinski definition) is 2. The van der Waals surface area contributed by atoms with E-state index in [1.807, 2.05) is 36.4 Å². The Balaban J connectivity index is 1.59. The molecule has 3 N–H and O–H groups in total. The predicted octanol–water partition coefficient (Wildman–Crippen LogP) is 3.50. The highest BCUT2D eigenvalue weighted by Gasteiger charge is 2.10. The predicted molar refractivity (Wildman–Crippen MR) is 114 cm³/mol. The van der Waals surface area contributed by atoms with E-state index in [4.69, 9.17) is 10.5 Å².